The van der Waals surface area contributed by atoms with Crippen molar-refractivity contribution in [1.82, 2.24) is 9.78 Å². The zero-order valence-corrected chi connectivity index (χ0v) is 10.4. The van der Waals surface area contributed by atoms with Gasteiger partial charge in [-0.2, -0.15) is 5.10 Å². The third-order valence-corrected chi connectivity index (χ3v) is 3.30. The van der Waals surface area contributed by atoms with Crippen molar-refractivity contribution in [1.29, 1.82) is 0 Å². The summed E-state index contributed by atoms with van der Waals surface area (Å²) < 4.78 is 1.74. The molecule has 2 aromatic heterocycles. The van der Waals surface area contributed by atoms with Crippen LogP contribution in [-0.2, 0) is 13.6 Å². The molecule has 2 heterocycles. The Morgan fingerprint density at radius 1 is 1.65 bits per heavy atom. The summed E-state index contributed by atoms with van der Waals surface area (Å²) in [6.07, 6.45) is 1.90. The standard InChI is InChI=1S/C11H13N3O2S/c1-7-10(5-14(2)13-7)12-4-9-3-8(6-17-9)11(15)16/h3,5-6,12H,4H2,1-2H3,(H,15,16). The van der Waals surface area contributed by atoms with E-state index in [9.17, 15) is 4.79 Å². The van der Waals surface area contributed by atoms with Gasteiger partial charge in [-0.05, 0) is 13.0 Å². The highest BCUT2D eigenvalue weighted by Crippen LogP contribution is 2.18. The molecule has 2 aromatic rings. The Balaban J connectivity index is 2.02. The minimum absolute atomic E-state index is 0.342. The maximum atomic E-state index is 10.7. The number of rotatable bonds is 4. The second kappa shape index (κ2) is 4.58. The SMILES string of the molecule is Cc1nn(C)cc1NCc1cc(C(=O)O)cs1. The molecule has 0 aliphatic rings. The summed E-state index contributed by atoms with van der Waals surface area (Å²) in [7, 11) is 1.87. The molecule has 5 nitrogen and oxygen atoms in total. The predicted octanol–water partition coefficient (Wildman–Crippen LogP) is 2.10. The molecule has 2 rings (SSSR count). The quantitative estimate of drug-likeness (QED) is 0.873. The van der Waals surface area contributed by atoms with Crippen LogP contribution in [0.1, 0.15) is 20.9 Å². The summed E-state index contributed by atoms with van der Waals surface area (Å²) >= 11 is 1.44. The Morgan fingerprint density at radius 3 is 2.94 bits per heavy atom. The summed E-state index contributed by atoms with van der Waals surface area (Å²) in [5.41, 5.74) is 2.25. The van der Waals surface area contributed by atoms with Crippen LogP contribution in [0.15, 0.2) is 17.6 Å². The normalized spacial score (nSPS) is 10.5. The highest BCUT2D eigenvalue weighted by Gasteiger charge is 2.07. The van der Waals surface area contributed by atoms with E-state index in [1.807, 2.05) is 20.2 Å². The van der Waals surface area contributed by atoms with Gasteiger partial charge in [-0.15, -0.1) is 11.3 Å². The Kier molecular flexibility index (Phi) is 3.14. The summed E-state index contributed by atoms with van der Waals surface area (Å²) in [5.74, 6) is -0.884. The maximum absolute atomic E-state index is 10.7. The fraction of sp³-hybridized carbons (Fsp3) is 0.273. The van der Waals surface area contributed by atoms with Crippen LogP contribution in [0.2, 0.25) is 0 Å². The summed E-state index contributed by atoms with van der Waals surface area (Å²) in [5, 5.41) is 17.9. The van der Waals surface area contributed by atoms with Crippen molar-refractivity contribution in [3.63, 3.8) is 0 Å². The van der Waals surface area contributed by atoms with Crippen LogP contribution in [0.3, 0.4) is 0 Å². The largest absolute Gasteiger partial charge is 0.478 e. The fourth-order valence-corrected chi connectivity index (χ4v) is 2.34. The molecular weight excluding hydrogens is 238 g/mol. The van der Waals surface area contributed by atoms with E-state index in [0.29, 0.717) is 12.1 Å². The van der Waals surface area contributed by atoms with Gasteiger partial charge in [0, 0.05) is 30.0 Å². The number of nitrogens with zero attached hydrogens (tertiary/aromatic N) is 2. The van der Waals surface area contributed by atoms with Gasteiger partial charge >= 0.3 is 5.97 Å². The van der Waals surface area contributed by atoms with Crippen molar-refractivity contribution in [3.05, 3.63) is 33.8 Å². The highest BCUT2D eigenvalue weighted by atomic mass is 32.1. The van der Waals surface area contributed by atoms with Crippen LogP contribution in [0.5, 0.6) is 0 Å². The number of hydrogen-bond acceptors (Lipinski definition) is 4. The van der Waals surface area contributed by atoms with Crippen LogP contribution >= 0.6 is 11.3 Å². The zero-order valence-electron chi connectivity index (χ0n) is 9.60. The van der Waals surface area contributed by atoms with Gasteiger partial charge in [0.2, 0.25) is 0 Å². The third kappa shape index (κ3) is 2.65. The molecule has 0 unspecified atom stereocenters. The monoisotopic (exact) mass is 251 g/mol. The average molecular weight is 251 g/mol. The van der Waals surface area contributed by atoms with Crippen LogP contribution < -0.4 is 5.32 Å². The number of carboxylic acids is 1. The van der Waals surface area contributed by atoms with Gasteiger partial charge in [-0.25, -0.2) is 4.79 Å². The van der Waals surface area contributed by atoms with E-state index in [1.165, 1.54) is 11.3 Å². The number of carboxylic acid groups (broad SMARTS) is 1. The number of carbonyl (C=O) groups is 1. The van der Waals surface area contributed by atoms with E-state index < -0.39 is 5.97 Å². The molecule has 0 aromatic carbocycles. The van der Waals surface area contributed by atoms with Crippen LogP contribution in [0, 0.1) is 6.92 Å². The first-order chi connectivity index (χ1) is 8.06. The van der Waals surface area contributed by atoms with E-state index in [2.05, 4.69) is 10.4 Å². The van der Waals surface area contributed by atoms with Crippen LogP contribution in [0.4, 0.5) is 5.69 Å². The van der Waals surface area contributed by atoms with E-state index in [4.69, 9.17) is 5.11 Å². The van der Waals surface area contributed by atoms with E-state index in [-0.39, 0.29) is 0 Å². The topological polar surface area (TPSA) is 67.2 Å². The molecule has 90 valence electrons. The molecule has 17 heavy (non-hydrogen) atoms. The second-order valence-electron chi connectivity index (χ2n) is 3.76. The van der Waals surface area contributed by atoms with Crippen molar-refractivity contribution in [2.75, 3.05) is 5.32 Å². The predicted molar refractivity (Wildman–Crippen MR) is 66.6 cm³/mol. The molecule has 0 radical (unpaired) electrons. The molecule has 0 spiro atoms. The number of hydrogen-bond donors (Lipinski definition) is 2. The molecule has 0 amide bonds. The number of aryl methyl sites for hydroxylation is 2. The molecule has 0 fully saturated rings. The van der Waals surface area contributed by atoms with Gasteiger partial charge in [0.1, 0.15) is 0 Å². The van der Waals surface area contributed by atoms with Gasteiger partial charge in [0.25, 0.3) is 0 Å². The summed E-state index contributed by atoms with van der Waals surface area (Å²) in [6, 6.07) is 1.69. The number of anilines is 1. The number of aromatic nitrogens is 2. The smallest absolute Gasteiger partial charge is 0.336 e. The van der Waals surface area contributed by atoms with Crippen molar-refractivity contribution >= 4 is 23.0 Å². The van der Waals surface area contributed by atoms with Gasteiger partial charge in [-0.3, -0.25) is 4.68 Å². The molecule has 6 heteroatoms. The van der Waals surface area contributed by atoms with Gasteiger partial charge in [0.15, 0.2) is 0 Å². The van der Waals surface area contributed by atoms with Crippen LogP contribution in [0.25, 0.3) is 0 Å². The number of thiophene rings is 1. The molecule has 0 bridgehead atoms. The Morgan fingerprint density at radius 2 is 2.41 bits per heavy atom. The second-order valence-corrected chi connectivity index (χ2v) is 4.76. The van der Waals surface area contributed by atoms with E-state index in [0.717, 1.165) is 16.3 Å². The molecule has 0 saturated heterocycles. The lowest BCUT2D eigenvalue weighted by Gasteiger charge is -2.01. The van der Waals surface area contributed by atoms with Gasteiger partial charge in [-0.1, -0.05) is 0 Å². The van der Waals surface area contributed by atoms with Crippen molar-refractivity contribution < 1.29 is 9.90 Å². The van der Waals surface area contributed by atoms with Gasteiger partial charge < -0.3 is 10.4 Å². The lowest BCUT2D eigenvalue weighted by Crippen LogP contribution is -1.98. The average Bonchev–Trinajstić information content (AvgIpc) is 2.82. The minimum Gasteiger partial charge on any atom is -0.478 e. The number of nitrogens with one attached hydrogen (secondary N) is 1. The summed E-state index contributed by atoms with van der Waals surface area (Å²) in [6.45, 7) is 2.55. The summed E-state index contributed by atoms with van der Waals surface area (Å²) in [4.78, 5) is 11.7. The third-order valence-electron chi connectivity index (χ3n) is 2.37. The maximum Gasteiger partial charge on any atom is 0.336 e. The van der Waals surface area contributed by atoms with Crippen molar-refractivity contribution in [2.24, 2.45) is 7.05 Å². The molecular formula is C11H13N3O2S. The van der Waals surface area contributed by atoms with E-state index >= 15 is 0 Å². The molecule has 2 N–H and O–H groups in total. The first-order valence-corrected chi connectivity index (χ1v) is 5.99. The molecule has 0 aliphatic heterocycles. The molecule has 0 aliphatic carbocycles. The first kappa shape index (κ1) is 11.7. The lowest BCUT2D eigenvalue weighted by atomic mass is 10.3. The van der Waals surface area contributed by atoms with Crippen molar-refractivity contribution in [3.8, 4) is 0 Å². The Labute approximate surface area is 103 Å². The van der Waals surface area contributed by atoms with E-state index in [1.54, 1.807) is 16.1 Å². The molecule has 0 atom stereocenters. The minimum atomic E-state index is -0.884. The zero-order chi connectivity index (χ0) is 12.4. The fourth-order valence-electron chi connectivity index (χ4n) is 1.54. The highest BCUT2D eigenvalue weighted by molar-refractivity contribution is 7.10. The van der Waals surface area contributed by atoms with Crippen molar-refractivity contribution in [2.45, 2.75) is 13.5 Å². The number of aromatic carboxylic acids is 1. The Hall–Kier alpha value is -1.82. The molecule has 0 saturated carbocycles. The Bertz CT molecular complexity index is 545. The van der Waals surface area contributed by atoms with Crippen LogP contribution in [-0.4, -0.2) is 20.9 Å². The first-order valence-electron chi connectivity index (χ1n) is 5.11. The van der Waals surface area contributed by atoms with Gasteiger partial charge in [0.05, 0.1) is 16.9 Å². The lowest BCUT2D eigenvalue weighted by molar-refractivity contribution is 0.0697.